The fourth-order valence-electron chi connectivity index (χ4n) is 3.00. The van der Waals surface area contributed by atoms with Crippen LogP contribution in [0.25, 0.3) is 0 Å². The van der Waals surface area contributed by atoms with Gasteiger partial charge in [-0.25, -0.2) is 13.2 Å². The van der Waals surface area contributed by atoms with E-state index in [-0.39, 0.29) is 36.9 Å². The summed E-state index contributed by atoms with van der Waals surface area (Å²) >= 11 is 18.5. The number of hydrogen-bond acceptors (Lipinski definition) is 5. The number of methoxy groups -OCH3 is 1. The van der Waals surface area contributed by atoms with Gasteiger partial charge in [-0.1, -0.05) is 52.5 Å². The van der Waals surface area contributed by atoms with Crippen molar-refractivity contribution in [2.45, 2.75) is 11.8 Å². The SMILES string of the molecule is COC(=O)c1ccc(Cl)c(NC(=O)CN(c2cc(Cl)ccc2Cl)S(=O)(=O)c2ccc(C)cc2)c1. The molecule has 0 aliphatic heterocycles. The normalized spacial score (nSPS) is 11.1. The van der Waals surface area contributed by atoms with Crippen LogP contribution in [0.4, 0.5) is 11.4 Å². The average Bonchev–Trinajstić information content (AvgIpc) is 2.80. The van der Waals surface area contributed by atoms with Crippen molar-refractivity contribution in [2.75, 3.05) is 23.3 Å². The van der Waals surface area contributed by atoms with Crippen molar-refractivity contribution in [3.8, 4) is 0 Å². The Morgan fingerprint density at radius 3 is 2.24 bits per heavy atom. The van der Waals surface area contributed by atoms with Crippen LogP contribution < -0.4 is 9.62 Å². The Morgan fingerprint density at radius 2 is 1.59 bits per heavy atom. The largest absolute Gasteiger partial charge is 0.465 e. The van der Waals surface area contributed by atoms with Crippen LogP contribution in [0, 0.1) is 6.92 Å². The topological polar surface area (TPSA) is 92.8 Å². The van der Waals surface area contributed by atoms with Gasteiger partial charge in [0.05, 0.1) is 39.0 Å². The number of aryl methyl sites for hydroxylation is 1. The van der Waals surface area contributed by atoms with Crippen LogP contribution in [0.1, 0.15) is 15.9 Å². The van der Waals surface area contributed by atoms with Crippen molar-refractivity contribution < 1.29 is 22.7 Å². The Morgan fingerprint density at radius 1 is 0.941 bits per heavy atom. The van der Waals surface area contributed by atoms with Gasteiger partial charge in [0.25, 0.3) is 10.0 Å². The van der Waals surface area contributed by atoms with Crippen molar-refractivity contribution in [1.29, 1.82) is 0 Å². The molecule has 1 N–H and O–H groups in total. The number of ether oxygens (including phenoxy) is 1. The number of rotatable bonds is 7. The highest BCUT2D eigenvalue weighted by molar-refractivity contribution is 7.92. The molecule has 178 valence electrons. The van der Waals surface area contributed by atoms with E-state index >= 15 is 0 Å². The average molecular weight is 542 g/mol. The zero-order valence-corrected chi connectivity index (χ0v) is 21.1. The highest BCUT2D eigenvalue weighted by Crippen LogP contribution is 2.33. The van der Waals surface area contributed by atoms with Crippen molar-refractivity contribution in [3.05, 3.63) is 86.9 Å². The van der Waals surface area contributed by atoms with Crippen molar-refractivity contribution in [2.24, 2.45) is 0 Å². The second-order valence-corrected chi connectivity index (χ2v) is 10.3. The highest BCUT2D eigenvalue weighted by Gasteiger charge is 2.29. The second-order valence-electron chi connectivity index (χ2n) is 7.15. The lowest BCUT2D eigenvalue weighted by atomic mass is 10.2. The van der Waals surface area contributed by atoms with Gasteiger partial charge in [0.2, 0.25) is 5.91 Å². The van der Waals surface area contributed by atoms with E-state index in [0.717, 1.165) is 9.87 Å². The summed E-state index contributed by atoms with van der Waals surface area (Å²) in [7, 11) is -2.99. The number of halogens is 3. The molecule has 0 saturated heterocycles. The molecule has 7 nitrogen and oxygen atoms in total. The van der Waals surface area contributed by atoms with Crippen LogP contribution in [0.3, 0.4) is 0 Å². The van der Waals surface area contributed by atoms with Gasteiger partial charge < -0.3 is 10.1 Å². The first-order chi connectivity index (χ1) is 16.0. The molecule has 34 heavy (non-hydrogen) atoms. The molecule has 1 amide bonds. The maximum absolute atomic E-state index is 13.5. The number of benzene rings is 3. The molecule has 0 spiro atoms. The molecule has 0 heterocycles. The van der Waals surface area contributed by atoms with Crippen LogP contribution in [0.5, 0.6) is 0 Å². The summed E-state index contributed by atoms with van der Waals surface area (Å²) < 4.78 is 32.5. The van der Waals surface area contributed by atoms with Crippen LogP contribution in [0.15, 0.2) is 65.6 Å². The Bertz CT molecular complexity index is 1350. The molecule has 0 aliphatic carbocycles. The summed E-state index contributed by atoms with van der Waals surface area (Å²) in [5.74, 6) is -1.35. The maximum atomic E-state index is 13.5. The number of carbonyl (C=O) groups is 2. The van der Waals surface area contributed by atoms with Gasteiger partial charge in [0.15, 0.2) is 0 Å². The third-order valence-corrected chi connectivity index (χ3v) is 7.39. The first-order valence-corrected chi connectivity index (χ1v) is 12.3. The number of esters is 1. The standard InChI is InChI=1S/C23H19Cl3N2O5S/c1-14-3-7-17(8-4-14)34(31,32)28(21-12-16(24)6-10-19(21)26)13-22(29)27-20-11-15(23(30)33-2)5-9-18(20)25/h3-12H,13H2,1-2H3,(H,27,29). The first kappa shape index (κ1) is 25.8. The van der Waals surface area contributed by atoms with E-state index in [1.165, 1.54) is 55.6 Å². The third-order valence-electron chi connectivity index (χ3n) is 4.73. The van der Waals surface area contributed by atoms with Gasteiger partial charge in [-0.05, 0) is 55.5 Å². The quantitative estimate of drug-likeness (QED) is 0.395. The summed E-state index contributed by atoms with van der Waals surface area (Å²) in [6.07, 6.45) is 0. The molecule has 3 aromatic rings. The molecule has 0 radical (unpaired) electrons. The number of carbonyl (C=O) groups excluding carboxylic acids is 2. The smallest absolute Gasteiger partial charge is 0.337 e. The van der Waals surface area contributed by atoms with E-state index in [0.29, 0.717) is 0 Å². The zero-order chi connectivity index (χ0) is 25.0. The number of sulfonamides is 1. The lowest BCUT2D eigenvalue weighted by Gasteiger charge is -2.25. The molecule has 3 rings (SSSR count). The van der Waals surface area contributed by atoms with Crippen LogP contribution in [0.2, 0.25) is 15.1 Å². The van der Waals surface area contributed by atoms with Gasteiger partial charge >= 0.3 is 5.97 Å². The van der Waals surface area contributed by atoms with Gasteiger partial charge in [0.1, 0.15) is 6.54 Å². The van der Waals surface area contributed by atoms with E-state index in [1.54, 1.807) is 12.1 Å². The molecule has 0 saturated carbocycles. The van der Waals surface area contributed by atoms with E-state index in [9.17, 15) is 18.0 Å². The van der Waals surface area contributed by atoms with Crippen molar-refractivity contribution >= 4 is 68.1 Å². The molecule has 0 fully saturated rings. The van der Waals surface area contributed by atoms with E-state index in [4.69, 9.17) is 34.8 Å². The van der Waals surface area contributed by atoms with Crippen molar-refractivity contribution in [3.63, 3.8) is 0 Å². The minimum Gasteiger partial charge on any atom is -0.465 e. The third kappa shape index (κ3) is 5.82. The molecular formula is C23H19Cl3N2O5S. The fraction of sp³-hybridized carbons (Fsp3) is 0.130. The minimum absolute atomic E-state index is 0.0271. The highest BCUT2D eigenvalue weighted by atomic mass is 35.5. The molecule has 0 bridgehead atoms. The molecule has 0 unspecified atom stereocenters. The van der Waals surface area contributed by atoms with Gasteiger partial charge in [-0.15, -0.1) is 0 Å². The number of hydrogen-bond donors (Lipinski definition) is 1. The van der Waals surface area contributed by atoms with Gasteiger partial charge in [-0.3, -0.25) is 9.10 Å². The number of anilines is 2. The summed E-state index contributed by atoms with van der Waals surface area (Å²) in [4.78, 5) is 24.7. The lowest BCUT2D eigenvalue weighted by molar-refractivity contribution is -0.114. The van der Waals surface area contributed by atoms with Crippen LogP contribution >= 0.6 is 34.8 Å². The summed E-state index contributed by atoms with van der Waals surface area (Å²) in [5.41, 5.74) is 1.16. The first-order valence-electron chi connectivity index (χ1n) is 9.75. The summed E-state index contributed by atoms with van der Waals surface area (Å²) in [6.45, 7) is 1.18. The minimum atomic E-state index is -4.21. The number of amides is 1. The fourth-order valence-corrected chi connectivity index (χ4v) is 5.03. The van der Waals surface area contributed by atoms with E-state index < -0.39 is 28.4 Å². The van der Waals surface area contributed by atoms with Crippen molar-refractivity contribution in [1.82, 2.24) is 0 Å². The van der Waals surface area contributed by atoms with Crippen LogP contribution in [-0.4, -0.2) is 33.9 Å². The molecule has 11 heteroatoms. The molecule has 0 aromatic heterocycles. The Kier molecular flexibility index (Phi) is 8.09. The van der Waals surface area contributed by atoms with E-state index in [2.05, 4.69) is 10.1 Å². The molecule has 3 aromatic carbocycles. The lowest BCUT2D eigenvalue weighted by Crippen LogP contribution is -2.38. The molecular weight excluding hydrogens is 523 g/mol. The maximum Gasteiger partial charge on any atom is 0.337 e. The number of nitrogens with zero attached hydrogens (tertiary/aromatic N) is 1. The second kappa shape index (κ2) is 10.7. The Balaban J connectivity index is 2.00. The van der Waals surface area contributed by atoms with Gasteiger partial charge in [0, 0.05) is 5.02 Å². The molecule has 0 atom stereocenters. The molecule has 0 aliphatic rings. The predicted octanol–water partition coefficient (Wildman–Crippen LogP) is 5.58. The number of nitrogens with one attached hydrogen (secondary N) is 1. The predicted molar refractivity (Wildman–Crippen MR) is 134 cm³/mol. The Labute approximate surface area is 212 Å². The van der Waals surface area contributed by atoms with E-state index in [1.807, 2.05) is 6.92 Å². The summed E-state index contributed by atoms with van der Waals surface area (Å²) in [6, 6.07) is 14.6. The monoisotopic (exact) mass is 540 g/mol. The zero-order valence-electron chi connectivity index (χ0n) is 18.0. The van der Waals surface area contributed by atoms with Crippen LogP contribution in [-0.2, 0) is 19.6 Å². The summed E-state index contributed by atoms with van der Waals surface area (Å²) in [5, 5.41) is 3.00. The van der Waals surface area contributed by atoms with Gasteiger partial charge in [-0.2, -0.15) is 0 Å². The Hall–Kier alpha value is -2.78.